The SMILES string of the molecule is Cc1ncsc1-c1ccc(CNC(=O)[C@H]2C[C@@H](O)CN2C(=O)[C@H](NC(=O)CCCCCC(=O)OC(C)(C)C)C(C)(C)C)cc1. The molecule has 0 aliphatic carbocycles. The van der Waals surface area contributed by atoms with Crippen molar-refractivity contribution in [2.45, 2.75) is 117 Å². The van der Waals surface area contributed by atoms with Crippen LogP contribution in [0.1, 0.15) is 91.3 Å². The van der Waals surface area contributed by atoms with Crippen LogP contribution in [0.2, 0.25) is 0 Å². The van der Waals surface area contributed by atoms with E-state index < -0.39 is 35.1 Å². The van der Waals surface area contributed by atoms with E-state index in [2.05, 4.69) is 15.6 Å². The first-order chi connectivity index (χ1) is 20.5. The first-order valence-corrected chi connectivity index (χ1v) is 16.2. The number of β-amino-alcohol motifs (C(OH)–C–C–N with tert-alkyl or cyclic N) is 1. The Morgan fingerprint density at radius 2 is 1.70 bits per heavy atom. The Balaban J connectivity index is 1.54. The average molecular weight is 629 g/mol. The second kappa shape index (κ2) is 15.1. The van der Waals surface area contributed by atoms with Crippen molar-refractivity contribution >= 4 is 35.0 Å². The van der Waals surface area contributed by atoms with Crippen molar-refractivity contribution in [2.24, 2.45) is 5.41 Å². The monoisotopic (exact) mass is 628 g/mol. The molecule has 242 valence electrons. The Labute approximate surface area is 265 Å². The van der Waals surface area contributed by atoms with Crippen molar-refractivity contribution in [2.75, 3.05) is 6.54 Å². The molecule has 1 aromatic heterocycles. The highest BCUT2D eigenvalue weighted by Crippen LogP contribution is 2.28. The van der Waals surface area contributed by atoms with Crippen LogP contribution >= 0.6 is 11.3 Å². The molecule has 0 saturated carbocycles. The molecule has 1 aromatic carbocycles. The van der Waals surface area contributed by atoms with Gasteiger partial charge in [0.25, 0.3) is 0 Å². The molecule has 2 aromatic rings. The number of esters is 1. The van der Waals surface area contributed by atoms with Gasteiger partial charge >= 0.3 is 5.97 Å². The molecule has 2 heterocycles. The fourth-order valence-corrected chi connectivity index (χ4v) is 5.95. The van der Waals surface area contributed by atoms with E-state index in [4.69, 9.17) is 4.74 Å². The van der Waals surface area contributed by atoms with E-state index in [1.807, 2.05) is 78.2 Å². The Morgan fingerprint density at radius 1 is 1.05 bits per heavy atom. The molecule has 1 fully saturated rings. The highest BCUT2D eigenvalue weighted by atomic mass is 32.1. The van der Waals surface area contributed by atoms with Crippen molar-refractivity contribution in [3.8, 4) is 10.4 Å². The second-order valence-electron chi connectivity index (χ2n) is 13.6. The maximum atomic E-state index is 13.8. The molecule has 0 radical (unpaired) electrons. The minimum absolute atomic E-state index is 0.0208. The summed E-state index contributed by atoms with van der Waals surface area (Å²) in [5.74, 6) is -1.27. The van der Waals surface area contributed by atoms with Crippen LogP contribution in [0.25, 0.3) is 10.4 Å². The number of thiazole rings is 1. The zero-order valence-corrected chi connectivity index (χ0v) is 27.9. The minimum atomic E-state index is -0.875. The van der Waals surface area contributed by atoms with Gasteiger partial charge in [-0.3, -0.25) is 19.2 Å². The van der Waals surface area contributed by atoms with Gasteiger partial charge in [-0.05, 0) is 57.1 Å². The van der Waals surface area contributed by atoms with Crippen LogP contribution < -0.4 is 10.6 Å². The summed E-state index contributed by atoms with van der Waals surface area (Å²) in [4.78, 5) is 58.6. The van der Waals surface area contributed by atoms with Gasteiger partial charge in [0.05, 0.1) is 22.2 Å². The molecular formula is C33H48N4O6S. The summed E-state index contributed by atoms with van der Waals surface area (Å²) in [6, 6.07) is 6.17. The summed E-state index contributed by atoms with van der Waals surface area (Å²) in [6.45, 7) is 13.3. The van der Waals surface area contributed by atoms with Crippen molar-refractivity contribution in [1.29, 1.82) is 0 Å². The number of hydrogen-bond donors (Lipinski definition) is 3. The molecule has 3 rings (SSSR count). The van der Waals surface area contributed by atoms with Crippen molar-refractivity contribution in [1.82, 2.24) is 20.5 Å². The van der Waals surface area contributed by atoms with Crippen LogP contribution in [0.5, 0.6) is 0 Å². The van der Waals surface area contributed by atoms with Gasteiger partial charge in [-0.2, -0.15) is 0 Å². The second-order valence-corrected chi connectivity index (χ2v) is 14.4. The number of rotatable bonds is 12. The van der Waals surface area contributed by atoms with E-state index in [9.17, 15) is 24.3 Å². The minimum Gasteiger partial charge on any atom is -0.460 e. The fraction of sp³-hybridized carbons (Fsp3) is 0.606. The standard InChI is InChI=1S/C33H48N4O6S/c1-21-28(44-20-35-21)23-15-13-22(14-16-23)18-34-30(41)25-17-24(38)19-37(25)31(42)29(32(2,3)4)36-26(39)11-9-8-10-12-27(40)43-33(5,6)7/h13-16,20,24-25,29,38H,8-12,17-19H2,1-7H3,(H,34,41)(H,36,39)/t24-,25-,29+/m1/s1. The number of aliphatic hydroxyl groups is 1. The molecule has 1 aliphatic rings. The highest BCUT2D eigenvalue weighted by molar-refractivity contribution is 7.13. The smallest absolute Gasteiger partial charge is 0.306 e. The largest absolute Gasteiger partial charge is 0.460 e. The number of ether oxygens (including phenoxy) is 1. The molecule has 1 aliphatic heterocycles. The molecule has 3 amide bonds. The summed E-state index contributed by atoms with van der Waals surface area (Å²) >= 11 is 1.58. The molecule has 1 saturated heterocycles. The molecule has 10 nitrogen and oxygen atoms in total. The van der Waals surface area contributed by atoms with Crippen LogP contribution in [0, 0.1) is 12.3 Å². The van der Waals surface area contributed by atoms with Gasteiger partial charge in [-0.15, -0.1) is 11.3 Å². The van der Waals surface area contributed by atoms with E-state index in [0.717, 1.165) is 21.7 Å². The average Bonchev–Trinajstić information content (AvgIpc) is 3.53. The molecule has 3 atom stereocenters. The molecular weight excluding hydrogens is 580 g/mol. The molecule has 11 heteroatoms. The molecule has 0 spiro atoms. The predicted octanol–water partition coefficient (Wildman–Crippen LogP) is 4.52. The van der Waals surface area contributed by atoms with E-state index in [1.165, 1.54) is 4.90 Å². The summed E-state index contributed by atoms with van der Waals surface area (Å²) in [6.07, 6.45) is 1.65. The highest BCUT2D eigenvalue weighted by Gasteiger charge is 2.44. The molecule has 44 heavy (non-hydrogen) atoms. The van der Waals surface area contributed by atoms with Gasteiger partial charge < -0.3 is 25.4 Å². The van der Waals surface area contributed by atoms with Crippen molar-refractivity contribution in [3.63, 3.8) is 0 Å². The number of aliphatic hydroxyl groups excluding tert-OH is 1. The lowest BCUT2D eigenvalue weighted by molar-refractivity contribution is -0.155. The number of aromatic nitrogens is 1. The zero-order valence-electron chi connectivity index (χ0n) is 27.1. The number of amides is 3. The van der Waals surface area contributed by atoms with Crippen LogP contribution in [-0.2, 0) is 30.5 Å². The van der Waals surface area contributed by atoms with E-state index in [1.54, 1.807) is 11.3 Å². The Hall–Kier alpha value is -3.31. The van der Waals surface area contributed by atoms with Gasteiger partial charge in [-0.25, -0.2) is 4.98 Å². The lowest BCUT2D eigenvalue weighted by atomic mass is 9.85. The van der Waals surface area contributed by atoms with Crippen LogP contribution in [0.15, 0.2) is 29.8 Å². The number of hydrogen-bond acceptors (Lipinski definition) is 8. The first kappa shape index (κ1) is 35.2. The Morgan fingerprint density at radius 3 is 2.30 bits per heavy atom. The van der Waals surface area contributed by atoms with Crippen LogP contribution in [-0.4, -0.2) is 69.0 Å². The van der Waals surface area contributed by atoms with Crippen molar-refractivity contribution in [3.05, 3.63) is 41.0 Å². The maximum absolute atomic E-state index is 13.8. The normalized spacial score (nSPS) is 17.7. The maximum Gasteiger partial charge on any atom is 0.306 e. The fourth-order valence-electron chi connectivity index (χ4n) is 5.14. The third-order valence-corrected chi connectivity index (χ3v) is 8.39. The lowest BCUT2D eigenvalue weighted by Crippen LogP contribution is -2.57. The lowest BCUT2D eigenvalue weighted by Gasteiger charge is -2.35. The third-order valence-electron chi connectivity index (χ3n) is 7.42. The molecule has 0 unspecified atom stereocenters. The number of unbranched alkanes of at least 4 members (excludes halogenated alkanes) is 2. The molecule has 3 N–H and O–H groups in total. The quantitative estimate of drug-likeness (QED) is 0.232. The number of nitrogens with one attached hydrogen (secondary N) is 2. The Kier molecular flexibility index (Phi) is 12.1. The summed E-state index contributed by atoms with van der Waals surface area (Å²) in [5, 5.41) is 16.2. The summed E-state index contributed by atoms with van der Waals surface area (Å²) in [5.41, 5.74) is 3.61. The predicted molar refractivity (Wildman–Crippen MR) is 171 cm³/mol. The number of carbonyl (C=O) groups excluding carboxylic acids is 4. The van der Waals surface area contributed by atoms with Gasteiger partial charge in [0.2, 0.25) is 17.7 Å². The first-order valence-electron chi connectivity index (χ1n) is 15.3. The number of aryl methyl sites for hydroxylation is 1. The summed E-state index contributed by atoms with van der Waals surface area (Å²) in [7, 11) is 0. The van der Waals surface area contributed by atoms with E-state index in [-0.39, 0.29) is 43.7 Å². The zero-order chi connectivity index (χ0) is 32.7. The Bertz CT molecular complexity index is 1290. The molecule has 0 bridgehead atoms. The van der Waals surface area contributed by atoms with Gasteiger partial charge in [0.1, 0.15) is 17.7 Å². The number of likely N-dealkylation sites (tertiary alicyclic amines) is 1. The van der Waals surface area contributed by atoms with Gasteiger partial charge in [-0.1, -0.05) is 51.5 Å². The van der Waals surface area contributed by atoms with Crippen LogP contribution in [0.3, 0.4) is 0 Å². The third kappa shape index (κ3) is 10.4. The number of benzene rings is 1. The van der Waals surface area contributed by atoms with E-state index >= 15 is 0 Å². The summed E-state index contributed by atoms with van der Waals surface area (Å²) < 4.78 is 5.31. The van der Waals surface area contributed by atoms with Gasteiger partial charge in [0.15, 0.2) is 0 Å². The van der Waals surface area contributed by atoms with Gasteiger partial charge in [0, 0.05) is 32.4 Å². The van der Waals surface area contributed by atoms with E-state index in [0.29, 0.717) is 25.7 Å². The topological polar surface area (TPSA) is 138 Å². The van der Waals surface area contributed by atoms with Crippen LogP contribution in [0.4, 0.5) is 0 Å². The number of nitrogens with zero attached hydrogens (tertiary/aromatic N) is 2. The van der Waals surface area contributed by atoms with Crippen molar-refractivity contribution < 1.29 is 29.0 Å². The number of carbonyl (C=O) groups is 4.